The summed E-state index contributed by atoms with van der Waals surface area (Å²) < 4.78 is 5.96. The van der Waals surface area contributed by atoms with Gasteiger partial charge >= 0.3 is 5.97 Å². The summed E-state index contributed by atoms with van der Waals surface area (Å²) in [6.45, 7) is 4.24. The van der Waals surface area contributed by atoms with Crippen LogP contribution in [0.3, 0.4) is 0 Å². The lowest BCUT2D eigenvalue weighted by atomic mass is 9.46. The van der Waals surface area contributed by atoms with E-state index in [1.165, 1.54) is 6.42 Å². The molecule has 106 valence electrons. The smallest absolute Gasteiger partial charge is 0.331 e. The van der Waals surface area contributed by atoms with Crippen molar-refractivity contribution < 1.29 is 19.7 Å². The van der Waals surface area contributed by atoms with Crippen molar-refractivity contribution in [3.05, 3.63) is 12.2 Å². The summed E-state index contributed by atoms with van der Waals surface area (Å²) >= 11 is 0. The molecule has 19 heavy (non-hydrogen) atoms. The molecule has 2 N–H and O–H groups in total. The van der Waals surface area contributed by atoms with E-state index < -0.39 is 5.97 Å². The minimum atomic E-state index is -0.862. The van der Waals surface area contributed by atoms with Gasteiger partial charge in [0.15, 0.2) is 0 Å². The van der Waals surface area contributed by atoms with Crippen LogP contribution in [0, 0.1) is 17.3 Å². The van der Waals surface area contributed by atoms with Gasteiger partial charge in [0, 0.05) is 11.0 Å². The molecule has 0 radical (unpaired) electrons. The predicted molar refractivity (Wildman–Crippen MR) is 69.7 cm³/mol. The monoisotopic (exact) mass is 266 g/mol. The molecule has 4 bridgehead atoms. The highest BCUT2D eigenvalue weighted by Crippen LogP contribution is 2.64. The number of hydrogen-bond donors (Lipinski definition) is 2. The Kier molecular flexibility index (Phi) is 2.98. The highest BCUT2D eigenvalue weighted by molar-refractivity contribution is 5.87. The van der Waals surface area contributed by atoms with Crippen LogP contribution in [-0.2, 0) is 9.53 Å². The molecule has 0 heterocycles. The number of carboxylic acids is 1. The molecule has 0 aromatic rings. The first-order chi connectivity index (χ1) is 8.99. The molecule has 0 saturated heterocycles. The maximum atomic E-state index is 11.4. The first kappa shape index (κ1) is 13.1. The number of aliphatic carboxylic acids is 1. The van der Waals surface area contributed by atoms with Gasteiger partial charge in [-0.15, -0.1) is 0 Å². The Hall–Kier alpha value is -0.870. The van der Waals surface area contributed by atoms with Gasteiger partial charge in [-0.25, -0.2) is 4.79 Å². The first-order valence-corrected chi connectivity index (χ1v) is 7.16. The topological polar surface area (TPSA) is 66.8 Å². The molecule has 0 aromatic carbocycles. The van der Waals surface area contributed by atoms with Gasteiger partial charge in [0.05, 0.1) is 18.8 Å². The van der Waals surface area contributed by atoms with E-state index in [9.17, 15) is 9.90 Å². The number of carbonyl (C=O) groups is 1. The zero-order chi connectivity index (χ0) is 13.7. The molecule has 0 amide bonds. The molecule has 4 aliphatic rings. The van der Waals surface area contributed by atoms with E-state index in [1.54, 1.807) is 0 Å². The van der Waals surface area contributed by atoms with Crippen LogP contribution < -0.4 is 0 Å². The van der Waals surface area contributed by atoms with Gasteiger partial charge in [-0.05, 0) is 50.4 Å². The summed E-state index contributed by atoms with van der Waals surface area (Å²) in [5.41, 5.74) is -0.0881. The average Bonchev–Trinajstić information content (AvgIpc) is 2.33. The second kappa shape index (κ2) is 4.32. The van der Waals surface area contributed by atoms with E-state index in [4.69, 9.17) is 9.84 Å². The molecule has 4 aliphatic carbocycles. The summed E-state index contributed by atoms with van der Waals surface area (Å²) in [7, 11) is 0. The van der Waals surface area contributed by atoms with Crippen LogP contribution >= 0.6 is 0 Å². The Morgan fingerprint density at radius 2 is 1.89 bits per heavy atom. The van der Waals surface area contributed by atoms with Crippen molar-refractivity contribution in [2.24, 2.45) is 17.3 Å². The Morgan fingerprint density at radius 1 is 1.26 bits per heavy atom. The van der Waals surface area contributed by atoms with E-state index in [0.717, 1.165) is 32.1 Å². The molecular formula is C15H22O4. The molecule has 2 unspecified atom stereocenters. The SMILES string of the molecule is C=C(C(=O)O)C12CC3CC(CC(OCCO)(C3)C1)C2. The minimum Gasteiger partial charge on any atom is -0.478 e. The van der Waals surface area contributed by atoms with Crippen molar-refractivity contribution in [2.45, 2.75) is 44.1 Å². The van der Waals surface area contributed by atoms with Crippen molar-refractivity contribution in [1.82, 2.24) is 0 Å². The lowest BCUT2D eigenvalue weighted by molar-refractivity contribution is -0.188. The largest absolute Gasteiger partial charge is 0.478 e. The first-order valence-electron chi connectivity index (χ1n) is 7.16. The van der Waals surface area contributed by atoms with Crippen molar-refractivity contribution >= 4 is 5.97 Å². The zero-order valence-electron chi connectivity index (χ0n) is 11.2. The number of rotatable bonds is 5. The Balaban J connectivity index is 1.88. The Labute approximate surface area is 113 Å². The minimum absolute atomic E-state index is 0.0317. The fourth-order valence-electron chi connectivity index (χ4n) is 5.19. The maximum Gasteiger partial charge on any atom is 0.331 e. The summed E-state index contributed by atoms with van der Waals surface area (Å²) in [4.78, 5) is 11.4. The Morgan fingerprint density at radius 3 is 2.42 bits per heavy atom. The van der Waals surface area contributed by atoms with Crippen LogP contribution in [0.2, 0.25) is 0 Å². The fourth-order valence-corrected chi connectivity index (χ4v) is 5.19. The lowest BCUT2D eigenvalue weighted by Crippen LogP contribution is -2.58. The van der Waals surface area contributed by atoms with Crippen LogP contribution in [0.4, 0.5) is 0 Å². The van der Waals surface area contributed by atoms with Crippen LogP contribution in [-0.4, -0.2) is 35.0 Å². The number of carboxylic acid groups (broad SMARTS) is 1. The molecule has 0 aliphatic heterocycles. The summed E-state index contributed by atoms with van der Waals surface area (Å²) in [5, 5.41) is 18.3. The molecule has 4 rings (SSSR count). The number of ether oxygens (including phenoxy) is 1. The quantitative estimate of drug-likeness (QED) is 0.747. The number of aliphatic hydroxyl groups is 1. The van der Waals surface area contributed by atoms with Gasteiger partial charge < -0.3 is 14.9 Å². The normalized spacial score (nSPS) is 43.4. The zero-order valence-corrected chi connectivity index (χ0v) is 11.2. The predicted octanol–water partition coefficient (Wildman–Crippen LogP) is 1.98. The van der Waals surface area contributed by atoms with E-state index in [0.29, 0.717) is 24.0 Å². The van der Waals surface area contributed by atoms with Crippen molar-refractivity contribution in [1.29, 1.82) is 0 Å². The van der Waals surface area contributed by atoms with Gasteiger partial charge in [-0.1, -0.05) is 6.58 Å². The second-order valence-electron chi connectivity index (χ2n) is 6.78. The van der Waals surface area contributed by atoms with Gasteiger partial charge in [0.2, 0.25) is 0 Å². The second-order valence-corrected chi connectivity index (χ2v) is 6.78. The summed E-state index contributed by atoms with van der Waals surface area (Å²) in [6, 6.07) is 0. The highest BCUT2D eigenvalue weighted by Gasteiger charge is 2.60. The van der Waals surface area contributed by atoms with Crippen LogP contribution in [0.5, 0.6) is 0 Å². The third-order valence-corrected chi connectivity index (χ3v) is 5.41. The van der Waals surface area contributed by atoms with E-state index in [-0.39, 0.29) is 17.6 Å². The van der Waals surface area contributed by atoms with Crippen LogP contribution in [0.1, 0.15) is 38.5 Å². The maximum absolute atomic E-state index is 11.4. The van der Waals surface area contributed by atoms with Gasteiger partial charge in [-0.3, -0.25) is 0 Å². The van der Waals surface area contributed by atoms with Crippen molar-refractivity contribution in [3.8, 4) is 0 Å². The van der Waals surface area contributed by atoms with Crippen molar-refractivity contribution in [3.63, 3.8) is 0 Å². The fraction of sp³-hybridized carbons (Fsp3) is 0.800. The van der Waals surface area contributed by atoms with Crippen LogP contribution in [0.15, 0.2) is 12.2 Å². The summed E-state index contributed by atoms with van der Waals surface area (Å²) in [6.07, 6.45) is 5.95. The number of hydrogen-bond acceptors (Lipinski definition) is 3. The third kappa shape index (κ3) is 2.01. The molecular weight excluding hydrogens is 244 g/mol. The van der Waals surface area contributed by atoms with Crippen molar-refractivity contribution in [2.75, 3.05) is 13.2 Å². The van der Waals surface area contributed by atoms with Crippen LogP contribution in [0.25, 0.3) is 0 Å². The Bertz CT molecular complexity index is 400. The summed E-state index contributed by atoms with van der Waals surface area (Å²) in [5.74, 6) is 0.270. The highest BCUT2D eigenvalue weighted by atomic mass is 16.5. The molecule has 4 nitrogen and oxygen atoms in total. The third-order valence-electron chi connectivity index (χ3n) is 5.41. The van der Waals surface area contributed by atoms with E-state index >= 15 is 0 Å². The molecule has 4 heteroatoms. The molecule has 0 aromatic heterocycles. The molecule has 2 atom stereocenters. The molecule has 0 spiro atoms. The molecule has 4 saturated carbocycles. The standard InChI is InChI=1S/C15H22O4/c1-10(13(17)18)14-5-11-4-12(6-14)8-15(7-11,9-14)19-3-2-16/h11-12,16H,1-9H2,(H,17,18). The van der Waals surface area contributed by atoms with Gasteiger partial charge in [-0.2, -0.15) is 0 Å². The van der Waals surface area contributed by atoms with E-state index in [2.05, 4.69) is 6.58 Å². The average molecular weight is 266 g/mol. The molecule has 4 fully saturated rings. The van der Waals surface area contributed by atoms with Gasteiger partial charge in [0.1, 0.15) is 0 Å². The van der Waals surface area contributed by atoms with Gasteiger partial charge in [0.25, 0.3) is 0 Å². The number of aliphatic hydroxyl groups excluding tert-OH is 1. The van der Waals surface area contributed by atoms with E-state index in [1.807, 2.05) is 0 Å². The lowest BCUT2D eigenvalue weighted by Gasteiger charge is -2.61.